The van der Waals surface area contributed by atoms with Gasteiger partial charge in [-0.15, -0.1) is 73.8 Å². The summed E-state index contributed by atoms with van der Waals surface area (Å²) in [6, 6.07) is 50.7. The molecule has 622 valence electrons. The zero-order valence-electron chi connectivity index (χ0n) is 64.3. The molecule has 0 fully saturated rings. The molecule has 4 aromatic heterocycles. The number of para-hydroxylation sites is 2. The number of aliphatic hydroxyl groups is 5. The van der Waals surface area contributed by atoms with Gasteiger partial charge < -0.3 is 61.7 Å². The van der Waals surface area contributed by atoms with E-state index in [1.54, 1.807) is 127 Å². The summed E-state index contributed by atoms with van der Waals surface area (Å²) in [4.78, 5) is 133. The number of carboxylic acids is 5. The van der Waals surface area contributed by atoms with Crippen LogP contribution in [0.1, 0.15) is 92.1 Å². The first-order valence-corrected chi connectivity index (χ1v) is 37.3. The minimum Gasteiger partial charge on any atom is -0.510 e. The molecule has 4 heterocycles. The summed E-state index contributed by atoms with van der Waals surface area (Å²) in [6.07, 6.45) is 3.01. The molecule has 0 radical (unpaired) electrons. The number of amides is 5. The van der Waals surface area contributed by atoms with Crippen molar-refractivity contribution in [3.05, 3.63) is 308 Å². The number of azo groups is 5. The number of carbonyl (C=O) groups excluding carboxylic acids is 5. The van der Waals surface area contributed by atoms with Gasteiger partial charge in [-0.25, -0.2) is 43.9 Å². The molecule has 5 amide bonds. The second-order valence-electron chi connectivity index (χ2n) is 23.8. The van der Waals surface area contributed by atoms with Gasteiger partial charge in [0.05, 0.1) is 43.7 Å². The van der Waals surface area contributed by atoms with E-state index in [9.17, 15) is 73.5 Å². The average molecular weight is 1710 g/mol. The molecule has 0 aliphatic rings. The smallest absolute Gasteiger partial charge is 0.337 e. The number of fused-ring (bicyclic) bond motifs is 1. The third kappa shape index (κ3) is 28.6. The quantitative estimate of drug-likeness (QED) is 0.0144. The molecular formula is C80H69N19O20S3. The number of thiazole rings is 3. The maximum absolute atomic E-state index is 12.4. The van der Waals surface area contributed by atoms with Crippen molar-refractivity contribution in [2.24, 2.45) is 51.1 Å². The number of carboxylic acid groups (broad SMARTS) is 5. The number of carbonyl (C=O) groups is 10. The molecule has 0 saturated heterocycles. The van der Waals surface area contributed by atoms with Gasteiger partial charge in [-0.3, -0.25) is 39.9 Å². The van der Waals surface area contributed by atoms with E-state index >= 15 is 0 Å². The number of nitrogens with one attached hydrogen (secondary N) is 5. The Balaban J connectivity index is 0.000000210. The summed E-state index contributed by atoms with van der Waals surface area (Å²) >= 11 is 3.71. The first-order valence-electron chi connectivity index (χ1n) is 34.7. The van der Waals surface area contributed by atoms with Crippen LogP contribution in [-0.4, -0.2) is 130 Å². The number of aliphatic hydroxyl groups excluding tert-OH is 5. The van der Waals surface area contributed by atoms with Crippen LogP contribution in [-0.2, 0) is 24.0 Å². The maximum Gasteiger partial charge on any atom is 0.337 e. The van der Waals surface area contributed by atoms with Gasteiger partial charge in [-0.2, -0.15) is 0 Å². The maximum atomic E-state index is 12.4. The number of benzene rings is 7. The van der Waals surface area contributed by atoms with Crippen LogP contribution in [0.2, 0.25) is 0 Å². The van der Waals surface area contributed by atoms with Crippen LogP contribution in [0, 0.1) is 6.92 Å². The lowest BCUT2D eigenvalue weighted by Gasteiger charge is -2.05. The lowest BCUT2D eigenvalue weighted by atomic mass is 10.2. The summed E-state index contributed by atoms with van der Waals surface area (Å²) in [5, 5.41) is 148. The number of hydrogen-bond donors (Lipinski definition) is 15. The zero-order chi connectivity index (χ0) is 89.0. The van der Waals surface area contributed by atoms with Gasteiger partial charge in [0.25, 0.3) is 29.5 Å². The van der Waals surface area contributed by atoms with E-state index in [-0.39, 0.29) is 119 Å². The number of pyridine rings is 1. The highest BCUT2D eigenvalue weighted by molar-refractivity contribution is 7.22. The Labute approximate surface area is 701 Å². The van der Waals surface area contributed by atoms with Crippen molar-refractivity contribution in [1.29, 1.82) is 0 Å². The highest BCUT2D eigenvalue weighted by Gasteiger charge is 2.22. The van der Waals surface area contributed by atoms with Gasteiger partial charge in [-0.05, 0) is 139 Å². The summed E-state index contributed by atoms with van der Waals surface area (Å²) in [7, 11) is 0. The molecule has 0 spiro atoms. The van der Waals surface area contributed by atoms with E-state index < -0.39 is 59.4 Å². The van der Waals surface area contributed by atoms with Gasteiger partial charge in [0.15, 0.2) is 43.9 Å². The molecular weight excluding hydrogens is 1640 g/mol. The zero-order valence-corrected chi connectivity index (χ0v) is 66.8. The Kier molecular flexibility index (Phi) is 34.9. The number of aromatic nitrogens is 4. The number of rotatable bonds is 25. The second kappa shape index (κ2) is 46.1. The fourth-order valence-corrected chi connectivity index (χ4v) is 11.1. The molecule has 15 N–H and O–H groups in total. The van der Waals surface area contributed by atoms with E-state index in [0.29, 0.717) is 21.1 Å². The number of hydrogen-bond acceptors (Lipinski definition) is 32. The SMILES string of the molecule is CC(O)=C(N=Nc1ccccc1C(=O)O)C(=O)Nc1ccccc1.CC(O)=C(N=Nc1ccccc1C(=O)O)C(=O)Nc1ccccn1.CC(O)=C(N=Nc1ccccc1C(=O)O)C(=O)Nc1nc(C)cs1.CC(O)=C(N=Nc1ccccc1C(=O)O)C(=O)Nc1nc2ccccc2s1.CC(O)=C(N=Nc1ccccc1C(=O)O)C(=O)Nc1nccs1. The van der Waals surface area contributed by atoms with Crippen molar-refractivity contribution in [2.45, 2.75) is 41.5 Å². The van der Waals surface area contributed by atoms with Crippen LogP contribution in [0.4, 0.5) is 55.3 Å². The third-order valence-electron chi connectivity index (χ3n) is 14.7. The third-order valence-corrected chi connectivity index (χ3v) is 17.2. The monoisotopic (exact) mass is 1710 g/mol. The number of anilines is 5. The van der Waals surface area contributed by atoms with Crippen LogP contribution < -0.4 is 26.6 Å². The first kappa shape index (κ1) is 92.4. The fraction of sp³-hybridized carbons (Fsp3) is 0.0750. The number of aromatic carboxylic acids is 5. The molecule has 11 aromatic rings. The summed E-state index contributed by atoms with van der Waals surface area (Å²) in [5.41, 5.74) is 0.395. The molecule has 11 rings (SSSR count). The van der Waals surface area contributed by atoms with Crippen LogP contribution in [0.5, 0.6) is 0 Å². The van der Waals surface area contributed by atoms with Crippen molar-refractivity contribution in [1.82, 2.24) is 19.9 Å². The van der Waals surface area contributed by atoms with Crippen LogP contribution in [0.15, 0.2) is 326 Å². The summed E-state index contributed by atoms with van der Waals surface area (Å²) in [6.45, 7) is 8.19. The van der Waals surface area contributed by atoms with E-state index in [2.05, 4.69) is 97.7 Å². The highest BCUT2D eigenvalue weighted by atomic mass is 32.1. The molecule has 0 atom stereocenters. The minimum absolute atomic E-state index is 0.0559. The van der Waals surface area contributed by atoms with E-state index in [1.807, 2.05) is 24.3 Å². The molecule has 7 aromatic carbocycles. The Hall–Kier alpha value is -16.8. The Bertz CT molecular complexity index is 5830. The Morgan fingerprint density at radius 2 is 0.631 bits per heavy atom. The predicted octanol–water partition coefficient (Wildman–Crippen LogP) is 18.7. The van der Waals surface area contributed by atoms with Crippen molar-refractivity contribution in [3.63, 3.8) is 0 Å². The molecule has 122 heavy (non-hydrogen) atoms. The number of nitrogens with zero attached hydrogens (tertiary/aromatic N) is 14. The van der Waals surface area contributed by atoms with Gasteiger partial charge in [0, 0.05) is 28.8 Å². The van der Waals surface area contributed by atoms with Crippen molar-refractivity contribution in [3.8, 4) is 0 Å². The second-order valence-corrected chi connectivity index (χ2v) is 26.5. The number of aryl methyl sites for hydroxylation is 1. The summed E-state index contributed by atoms with van der Waals surface area (Å²) in [5.74, 6) is -10.8. The fourth-order valence-electron chi connectivity index (χ4n) is 9.05. The van der Waals surface area contributed by atoms with Gasteiger partial charge >= 0.3 is 29.8 Å². The molecule has 39 nitrogen and oxygen atoms in total. The van der Waals surface area contributed by atoms with Crippen LogP contribution >= 0.6 is 34.0 Å². The van der Waals surface area contributed by atoms with E-state index in [4.69, 9.17) is 25.5 Å². The molecule has 0 saturated carbocycles. The molecule has 0 bridgehead atoms. The number of allylic oxidation sites excluding steroid dienone is 5. The van der Waals surface area contributed by atoms with E-state index in [1.165, 1.54) is 142 Å². The molecule has 0 aliphatic heterocycles. The first-order chi connectivity index (χ1) is 58.3. The predicted molar refractivity (Wildman–Crippen MR) is 449 cm³/mol. The van der Waals surface area contributed by atoms with E-state index in [0.717, 1.165) is 15.9 Å². The minimum atomic E-state index is -1.17. The molecule has 0 unspecified atom stereocenters. The topological polar surface area (TPSA) is 608 Å². The average Bonchev–Trinajstić information content (AvgIpc) is 1.72. The Morgan fingerprint density at radius 1 is 0.311 bits per heavy atom. The Morgan fingerprint density at radius 3 is 0.951 bits per heavy atom. The van der Waals surface area contributed by atoms with Gasteiger partial charge in [-0.1, -0.05) is 108 Å². The van der Waals surface area contributed by atoms with Gasteiger partial charge in [0.2, 0.25) is 0 Å². The van der Waals surface area contributed by atoms with Crippen LogP contribution in [0.25, 0.3) is 10.2 Å². The highest BCUT2D eigenvalue weighted by Crippen LogP contribution is 2.30. The lowest BCUT2D eigenvalue weighted by molar-refractivity contribution is -0.114. The lowest BCUT2D eigenvalue weighted by Crippen LogP contribution is -2.15. The molecule has 0 aliphatic carbocycles. The standard InChI is InChI=1S/C18H14N4O4S.C17H15N3O4.C16H14N4O4.C15H14N4O4S.C14H12N4O4S/c1-10(23)15(22-21-12-7-3-2-6-11(12)17(25)26)16(24)20-18-19-13-8-4-5-9-14(13)27-18;1-11(21)15(16(22)18-12-7-3-2-4-8-12)20-19-14-10-6-5-9-13(14)17(23)24;1-10(21)14(15(22)18-13-8-4-5-9-17-13)20-19-12-7-3-2-6-11(12)16(23)24;1-8-7-24-15(16-8)17-13(21)12(9(2)20)19-18-11-6-4-3-5-10(11)14(22)23;1-8(19)11(12(20)16-14-15-6-7-23-14)18-17-10-5-3-2-4-9(10)13(21)22/h2-9,23H,1H3,(H,25,26)(H,19,20,24);2-10,21H,1H3,(H,18,22)(H,23,24);2-9,21H,1H3,(H,23,24)(H,17,18,22);3-7,20H,1-2H3,(H,22,23)(H,16,17,21);2-7,19H,1H3,(H,21,22)(H,15,16,20). The molecule has 42 heteroatoms. The van der Waals surface area contributed by atoms with Crippen molar-refractivity contribution in [2.75, 3.05) is 26.6 Å². The van der Waals surface area contributed by atoms with Crippen molar-refractivity contribution < 1.29 is 99.0 Å². The van der Waals surface area contributed by atoms with Crippen LogP contribution in [0.3, 0.4) is 0 Å². The van der Waals surface area contributed by atoms with Crippen molar-refractivity contribution >= 4 is 159 Å². The largest absolute Gasteiger partial charge is 0.510 e. The normalized spacial score (nSPS) is 12.0. The summed E-state index contributed by atoms with van der Waals surface area (Å²) < 4.78 is 0.899. The van der Waals surface area contributed by atoms with Gasteiger partial charge in [0.1, 0.15) is 63.1 Å².